The van der Waals surface area contributed by atoms with Crippen LogP contribution in [-0.2, 0) is 9.59 Å². The van der Waals surface area contributed by atoms with E-state index in [-0.39, 0.29) is 36.5 Å². The van der Waals surface area contributed by atoms with Crippen molar-refractivity contribution in [1.82, 2.24) is 14.7 Å². The molecule has 24 heavy (non-hydrogen) atoms. The van der Waals surface area contributed by atoms with E-state index in [0.717, 1.165) is 0 Å². The summed E-state index contributed by atoms with van der Waals surface area (Å²) in [6.07, 6.45) is -0.472. The first-order valence-corrected chi connectivity index (χ1v) is 9.01. The topological polar surface area (TPSA) is 69.9 Å². The summed E-state index contributed by atoms with van der Waals surface area (Å²) in [5, 5.41) is 0. The monoisotopic (exact) mass is 342 g/mol. The summed E-state index contributed by atoms with van der Waals surface area (Å²) in [5.41, 5.74) is 5.35. The van der Waals surface area contributed by atoms with Crippen molar-refractivity contribution in [2.45, 2.75) is 106 Å². The molecule has 6 nitrogen and oxygen atoms in total. The van der Waals surface area contributed by atoms with Crippen molar-refractivity contribution in [3.8, 4) is 0 Å². The first-order chi connectivity index (χ1) is 10.8. The fourth-order valence-electron chi connectivity index (χ4n) is 3.98. The standard InChI is InChI=1S/C18H38N4O2/c1-11(2)20(12(3)4)15(9)22(18(24)17(19)23)16(10)21(13(5)6)14(7)8/h11-16H,1-10H3,(H2,19,23). The summed E-state index contributed by atoms with van der Waals surface area (Å²) in [5.74, 6) is -1.54. The molecular formula is C18H38N4O2. The number of hydrogen-bond donors (Lipinski definition) is 1. The Kier molecular flexibility index (Phi) is 8.93. The zero-order valence-corrected chi connectivity index (χ0v) is 17.2. The number of hydrogen-bond acceptors (Lipinski definition) is 4. The summed E-state index contributed by atoms with van der Waals surface area (Å²) in [7, 11) is 0. The predicted molar refractivity (Wildman–Crippen MR) is 99.2 cm³/mol. The van der Waals surface area contributed by atoms with Crippen LogP contribution >= 0.6 is 0 Å². The van der Waals surface area contributed by atoms with Gasteiger partial charge in [0.2, 0.25) is 0 Å². The van der Waals surface area contributed by atoms with E-state index in [1.54, 1.807) is 4.90 Å². The van der Waals surface area contributed by atoms with Crippen molar-refractivity contribution >= 4 is 11.8 Å². The number of carbonyl (C=O) groups is 2. The average molecular weight is 343 g/mol. The molecule has 2 amide bonds. The van der Waals surface area contributed by atoms with Crippen LogP contribution in [0.15, 0.2) is 0 Å². The Balaban J connectivity index is 5.92. The minimum atomic E-state index is -0.909. The Morgan fingerprint density at radius 3 is 1.04 bits per heavy atom. The first kappa shape index (κ1) is 22.9. The van der Waals surface area contributed by atoms with Crippen LogP contribution in [0.1, 0.15) is 69.2 Å². The number of primary amides is 1. The molecule has 0 spiro atoms. The molecule has 6 heteroatoms. The van der Waals surface area contributed by atoms with Crippen LogP contribution in [0.3, 0.4) is 0 Å². The van der Waals surface area contributed by atoms with Crippen LogP contribution in [0, 0.1) is 0 Å². The third kappa shape index (κ3) is 5.45. The second-order valence-corrected chi connectivity index (χ2v) is 7.61. The van der Waals surface area contributed by atoms with Crippen molar-refractivity contribution in [1.29, 1.82) is 0 Å². The van der Waals surface area contributed by atoms with Gasteiger partial charge < -0.3 is 10.6 Å². The van der Waals surface area contributed by atoms with Gasteiger partial charge in [-0.3, -0.25) is 19.4 Å². The Morgan fingerprint density at radius 2 is 0.875 bits per heavy atom. The Bertz CT molecular complexity index is 379. The average Bonchev–Trinajstić information content (AvgIpc) is 2.36. The van der Waals surface area contributed by atoms with Crippen molar-refractivity contribution in [3.05, 3.63) is 0 Å². The van der Waals surface area contributed by atoms with E-state index < -0.39 is 11.8 Å². The molecule has 0 rings (SSSR count). The lowest BCUT2D eigenvalue weighted by Gasteiger charge is -2.48. The summed E-state index contributed by atoms with van der Waals surface area (Å²) in [4.78, 5) is 30.4. The number of rotatable bonds is 8. The van der Waals surface area contributed by atoms with Crippen LogP contribution in [-0.4, -0.2) is 63.0 Å². The minimum absolute atomic E-state index is 0.236. The Hall–Kier alpha value is -1.14. The Morgan fingerprint density at radius 1 is 0.625 bits per heavy atom. The second kappa shape index (κ2) is 9.37. The van der Waals surface area contributed by atoms with E-state index in [2.05, 4.69) is 65.2 Å². The zero-order valence-electron chi connectivity index (χ0n) is 17.2. The van der Waals surface area contributed by atoms with Gasteiger partial charge in [0.05, 0.1) is 12.3 Å². The highest BCUT2D eigenvalue weighted by molar-refractivity contribution is 6.34. The molecule has 0 aliphatic carbocycles. The van der Waals surface area contributed by atoms with Gasteiger partial charge >= 0.3 is 11.8 Å². The maximum Gasteiger partial charge on any atom is 0.314 e. The van der Waals surface area contributed by atoms with Crippen LogP contribution in [0.4, 0.5) is 0 Å². The minimum Gasteiger partial charge on any atom is -0.361 e. The molecule has 2 N–H and O–H groups in total. The normalized spacial score (nSPS) is 15.0. The fourth-order valence-corrected chi connectivity index (χ4v) is 3.98. The zero-order chi connectivity index (χ0) is 19.4. The van der Waals surface area contributed by atoms with Crippen molar-refractivity contribution in [2.75, 3.05) is 0 Å². The van der Waals surface area contributed by atoms with Crippen LogP contribution in [0.5, 0.6) is 0 Å². The first-order valence-electron chi connectivity index (χ1n) is 9.01. The quantitative estimate of drug-likeness (QED) is 0.542. The van der Waals surface area contributed by atoms with Crippen LogP contribution < -0.4 is 5.73 Å². The van der Waals surface area contributed by atoms with Crippen LogP contribution in [0.25, 0.3) is 0 Å². The van der Waals surface area contributed by atoms with Gasteiger partial charge in [0.25, 0.3) is 0 Å². The van der Waals surface area contributed by atoms with Gasteiger partial charge in [-0.1, -0.05) is 0 Å². The van der Waals surface area contributed by atoms with E-state index >= 15 is 0 Å². The SMILES string of the molecule is CC(C)N(C(C)C)C(C)N(C(=O)C(N)=O)C(C)N(C(C)C)C(C)C. The van der Waals surface area contributed by atoms with E-state index in [1.807, 2.05) is 13.8 Å². The molecule has 2 atom stereocenters. The molecule has 0 aliphatic rings. The van der Waals surface area contributed by atoms with Crippen molar-refractivity contribution in [3.63, 3.8) is 0 Å². The van der Waals surface area contributed by atoms with Gasteiger partial charge in [0, 0.05) is 24.2 Å². The lowest BCUT2D eigenvalue weighted by atomic mass is 10.1. The van der Waals surface area contributed by atoms with Gasteiger partial charge in [-0.25, -0.2) is 0 Å². The number of nitrogens with zero attached hydrogens (tertiary/aromatic N) is 3. The third-order valence-corrected chi connectivity index (χ3v) is 4.50. The predicted octanol–water partition coefficient (Wildman–Crippen LogP) is 2.23. The van der Waals surface area contributed by atoms with E-state index in [9.17, 15) is 9.59 Å². The van der Waals surface area contributed by atoms with E-state index in [4.69, 9.17) is 5.73 Å². The molecule has 0 saturated carbocycles. The van der Waals surface area contributed by atoms with E-state index in [1.165, 1.54) is 0 Å². The molecule has 0 aromatic rings. The molecule has 0 saturated heterocycles. The Labute approximate surface area is 148 Å². The smallest absolute Gasteiger partial charge is 0.314 e. The molecule has 142 valence electrons. The number of nitrogens with two attached hydrogens (primary N) is 1. The fraction of sp³-hybridized carbons (Fsp3) is 0.889. The number of carbonyl (C=O) groups excluding carboxylic acids is 2. The molecule has 0 aromatic carbocycles. The molecule has 0 fully saturated rings. The van der Waals surface area contributed by atoms with Gasteiger partial charge in [-0.05, 0) is 69.2 Å². The highest BCUT2D eigenvalue weighted by atomic mass is 16.2. The molecular weight excluding hydrogens is 304 g/mol. The summed E-state index contributed by atoms with van der Waals surface area (Å²) in [6.45, 7) is 20.7. The molecule has 0 aromatic heterocycles. The van der Waals surface area contributed by atoms with Gasteiger partial charge in [0.15, 0.2) is 0 Å². The van der Waals surface area contributed by atoms with Crippen molar-refractivity contribution < 1.29 is 9.59 Å². The molecule has 0 aliphatic heterocycles. The van der Waals surface area contributed by atoms with Gasteiger partial charge in [-0.2, -0.15) is 0 Å². The lowest BCUT2D eigenvalue weighted by molar-refractivity contribution is -0.158. The number of amides is 2. The lowest BCUT2D eigenvalue weighted by Crippen LogP contribution is -2.64. The van der Waals surface area contributed by atoms with Crippen molar-refractivity contribution in [2.24, 2.45) is 5.73 Å². The summed E-state index contributed by atoms with van der Waals surface area (Å²) >= 11 is 0. The second-order valence-electron chi connectivity index (χ2n) is 7.61. The molecule has 0 radical (unpaired) electrons. The maximum absolute atomic E-state index is 12.6. The van der Waals surface area contributed by atoms with Crippen LogP contribution in [0.2, 0.25) is 0 Å². The highest BCUT2D eigenvalue weighted by Gasteiger charge is 2.37. The molecule has 0 bridgehead atoms. The van der Waals surface area contributed by atoms with E-state index in [0.29, 0.717) is 0 Å². The molecule has 0 heterocycles. The summed E-state index contributed by atoms with van der Waals surface area (Å²) in [6, 6.07) is 0.952. The maximum atomic E-state index is 12.6. The summed E-state index contributed by atoms with van der Waals surface area (Å²) < 4.78 is 0. The highest BCUT2D eigenvalue weighted by Crippen LogP contribution is 2.21. The van der Waals surface area contributed by atoms with Gasteiger partial charge in [0.1, 0.15) is 0 Å². The third-order valence-electron chi connectivity index (χ3n) is 4.50. The van der Waals surface area contributed by atoms with Gasteiger partial charge in [-0.15, -0.1) is 0 Å². The largest absolute Gasteiger partial charge is 0.361 e. The molecule has 2 unspecified atom stereocenters.